The first-order valence-electron chi connectivity index (χ1n) is 11.1. The number of benzene rings is 2. The van der Waals surface area contributed by atoms with Crippen molar-refractivity contribution < 1.29 is 37.3 Å². The van der Waals surface area contributed by atoms with Gasteiger partial charge in [0.1, 0.15) is 5.75 Å². The molecule has 2 aromatic rings. The first kappa shape index (κ1) is 26.0. The molecule has 34 heavy (non-hydrogen) atoms. The summed E-state index contributed by atoms with van der Waals surface area (Å²) in [5, 5.41) is 7.12. The van der Waals surface area contributed by atoms with Crippen LogP contribution in [0, 0.1) is 0 Å². The molecular formula is C25H30F3NO5. The van der Waals surface area contributed by atoms with Crippen LogP contribution in [0.2, 0.25) is 0 Å². The van der Waals surface area contributed by atoms with Gasteiger partial charge in [0.2, 0.25) is 0 Å². The van der Waals surface area contributed by atoms with E-state index in [2.05, 4.69) is 41.3 Å². The predicted octanol–water partition coefficient (Wildman–Crippen LogP) is 4.67. The minimum atomic E-state index is -5.08. The van der Waals surface area contributed by atoms with Gasteiger partial charge in [-0.3, -0.25) is 4.90 Å². The maximum absolute atomic E-state index is 10.6. The number of ether oxygens (including phenoxy) is 3. The van der Waals surface area contributed by atoms with Crippen molar-refractivity contribution in [2.45, 2.75) is 50.3 Å². The maximum Gasteiger partial charge on any atom is 0.490 e. The van der Waals surface area contributed by atoms with Crippen LogP contribution in [-0.2, 0) is 27.4 Å². The second-order valence-electron chi connectivity index (χ2n) is 8.54. The molecule has 0 amide bonds. The van der Waals surface area contributed by atoms with Crippen molar-refractivity contribution in [1.29, 1.82) is 0 Å². The van der Waals surface area contributed by atoms with Crippen LogP contribution in [0.25, 0.3) is 0 Å². The Labute approximate surface area is 197 Å². The Hall–Kier alpha value is -2.62. The lowest BCUT2D eigenvalue weighted by atomic mass is 9.88. The number of carbonyl (C=O) groups is 1. The van der Waals surface area contributed by atoms with E-state index in [1.54, 1.807) is 7.11 Å². The standard InChI is InChI=1S/C23H29NO3.C2HF3O2/c1-25-21-9-7-19(8-10-21)16-24-13-11-23(12-14-24)15-22(18-27-23)26-17-20-5-3-2-4-6-20;3-2(4,5)1(6)7/h2-10,22H,11-18H2,1H3;(H,6,7). The molecule has 1 N–H and O–H groups in total. The summed E-state index contributed by atoms with van der Waals surface area (Å²) >= 11 is 0. The molecule has 2 aliphatic heterocycles. The summed E-state index contributed by atoms with van der Waals surface area (Å²) in [6.45, 7) is 4.56. The van der Waals surface area contributed by atoms with E-state index in [9.17, 15) is 13.2 Å². The Kier molecular flexibility index (Phi) is 8.93. The van der Waals surface area contributed by atoms with Gasteiger partial charge in [0, 0.05) is 26.1 Å². The summed E-state index contributed by atoms with van der Waals surface area (Å²) in [6, 6.07) is 18.8. The Morgan fingerprint density at radius 3 is 2.26 bits per heavy atom. The third kappa shape index (κ3) is 7.72. The highest BCUT2D eigenvalue weighted by molar-refractivity contribution is 5.73. The summed E-state index contributed by atoms with van der Waals surface area (Å²) in [5.74, 6) is -1.84. The fourth-order valence-electron chi connectivity index (χ4n) is 4.15. The number of nitrogens with zero attached hydrogens (tertiary/aromatic N) is 1. The number of piperidine rings is 1. The van der Waals surface area contributed by atoms with Crippen LogP contribution in [0.5, 0.6) is 5.75 Å². The second-order valence-corrected chi connectivity index (χ2v) is 8.54. The summed E-state index contributed by atoms with van der Waals surface area (Å²) in [5.41, 5.74) is 2.59. The number of halogens is 3. The zero-order valence-electron chi connectivity index (χ0n) is 19.1. The third-order valence-corrected chi connectivity index (χ3v) is 6.08. The SMILES string of the molecule is COc1ccc(CN2CCC3(CC2)CC(OCc2ccccc2)CO3)cc1.O=C(O)C(F)(F)F. The van der Waals surface area contributed by atoms with Crippen LogP contribution < -0.4 is 4.74 Å². The molecule has 2 aromatic carbocycles. The highest BCUT2D eigenvalue weighted by Gasteiger charge is 2.43. The summed E-state index contributed by atoms with van der Waals surface area (Å²) in [6.07, 6.45) is -1.66. The van der Waals surface area contributed by atoms with Crippen LogP contribution in [0.15, 0.2) is 54.6 Å². The molecule has 2 aliphatic rings. The van der Waals surface area contributed by atoms with Crippen LogP contribution in [0.1, 0.15) is 30.4 Å². The zero-order chi connectivity index (χ0) is 24.6. The van der Waals surface area contributed by atoms with E-state index >= 15 is 0 Å². The molecule has 2 heterocycles. The van der Waals surface area contributed by atoms with E-state index < -0.39 is 12.1 Å². The molecule has 1 atom stereocenters. The van der Waals surface area contributed by atoms with Gasteiger partial charge >= 0.3 is 12.1 Å². The summed E-state index contributed by atoms with van der Waals surface area (Å²) < 4.78 is 49.3. The molecule has 0 aliphatic carbocycles. The number of rotatable bonds is 6. The zero-order valence-corrected chi connectivity index (χ0v) is 19.1. The van der Waals surface area contributed by atoms with Crippen LogP contribution in [-0.4, -0.2) is 60.7 Å². The topological polar surface area (TPSA) is 68.2 Å². The van der Waals surface area contributed by atoms with Gasteiger partial charge in [0.05, 0.1) is 32.0 Å². The van der Waals surface area contributed by atoms with Gasteiger partial charge in [-0.2, -0.15) is 13.2 Å². The van der Waals surface area contributed by atoms with Crippen molar-refractivity contribution in [3.63, 3.8) is 0 Å². The maximum atomic E-state index is 10.6. The number of carboxylic acids is 1. The van der Waals surface area contributed by atoms with Crippen LogP contribution in [0.3, 0.4) is 0 Å². The van der Waals surface area contributed by atoms with Crippen LogP contribution >= 0.6 is 0 Å². The molecule has 2 saturated heterocycles. The predicted molar refractivity (Wildman–Crippen MR) is 120 cm³/mol. The first-order chi connectivity index (χ1) is 16.2. The average Bonchev–Trinajstić information content (AvgIpc) is 3.23. The molecule has 9 heteroatoms. The third-order valence-electron chi connectivity index (χ3n) is 6.08. The van der Waals surface area contributed by atoms with E-state index in [4.69, 9.17) is 24.1 Å². The minimum absolute atomic E-state index is 0.0256. The van der Waals surface area contributed by atoms with Crippen molar-refractivity contribution in [3.8, 4) is 5.75 Å². The molecule has 2 fully saturated rings. The van der Waals surface area contributed by atoms with Crippen molar-refractivity contribution in [2.75, 3.05) is 26.8 Å². The molecule has 0 radical (unpaired) electrons. The van der Waals surface area contributed by atoms with Crippen molar-refractivity contribution in [3.05, 3.63) is 65.7 Å². The van der Waals surface area contributed by atoms with Crippen molar-refractivity contribution >= 4 is 5.97 Å². The average molecular weight is 482 g/mol. The van der Waals surface area contributed by atoms with E-state index in [0.29, 0.717) is 6.61 Å². The number of likely N-dealkylation sites (tertiary alicyclic amines) is 1. The number of aliphatic carboxylic acids is 1. The molecular weight excluding hydrogens is 451 g/mol. The Bertz CT molecular complexity index is 897. The Balaban J connectivity index is 0.000000406. The van der Waals surface area contributed by atoms with E-state index in [0.717, 1.165) is 51.3 Å². The van der Waals surface area contributed by atoms with Gasteiger partial charge in [0.25, 0.3) is 0 Å². The number of hydrogen-bond donors (Lipinski definition) is 1. The number of methoxy groups -OCH3 is 1. The number of carboxylic acid groups (broad SMARTS) is 1. The Morgan fingerprint density at radius 1 is 1.09 bits per heavy atom. The molecule has 1 spiro atoms. The molecule has 0 saturated carbocycles. The fraction of sp³-hybridized carbons (Fsp3) is 0.480. The lowest BCUT2D eigenvalue weighted by Crippen LogP contribution is -2.43. The van der Waals surface area contributed by atoms with Gasteiger partial charge in [0.15, 0.2) is 0 Å². The summed E-state index contributed by atoms with van der Waals surface area (Å²) in [7, 11) is 1.71. The van der Waals surface area contributed by atoms with E-state index in [-0.39, 0.29) is 11.7 Å². The minimum Gasteiger partial charge on any atom is -0.497 e. The van der Waals surface area contributed by atoms with Gasteiger partial charge in [-0.25, -0.2) is 4.79 Å². The normalized spacial score (nSPS) is 19.9. The highest BCUT2D eigenvalue weighted by atomic mass is 19.4. The lowest BCUT2D eigenvalue weighted by Gasteiger charge is -2.38. The largest absolute Gasteiger partial charge is 0.497 e. The van der Waals surface area contributed by atoms with Crippen molar-refractivity contribution in [2.24, 2.45) is 0 Å². The first-order valence-corrected chi connectivity index (χ1v) is 11.1. The Morgan fingerprint density at radius 2 is 1.71 bits per heavy atom. The number of alkyl halides is 3. The quantitative estimate of drug-likeness (QED) is 0.647. The smallest absolute Gasteiger partial charge is 0.490 e. The van der Waals surface area contributed by atoms with Crippen LogP contribution in [0.4, 0.5) is 13.2 Å². The van der Waals surface area contributed by atoms with Gasteiger partial charge in [-0.1, -0.05) is 42.5 Å². The summed E-state index contributed by atoms with van der Waals surface area (Å²) in [4.78, 5) is 11.4. The molecule has 6 nitrogen and oxygen atoms in total. The lowest BCUT2D eigenvalue weighted by molar-refractivity contribution is -0.192. The second kappa shape index (κ2) is 11.7. The van der Waals surface area contributed by atoms with Crippen molar-refractivity contribution in [1.82, 2.24) is 4.90 Å². The fourth-order valence-corrected chi connectivity index (χ4v) is 4.15. The van der Waals surface area contributed by atoms with Gasteiger partial charge in [-0.05, 0) is 36.1 Å². The monoisotopic (exact) mass is 481 g/mol. The molecule has 0 bridgehead atoms. The highest BCUT2D eigenvalue weighted by Crippen LogP contribution is 2.37. The van der Waals surface area contributed by atoms with Gasteiger partial charge < -0.3 is 19.3 Å². The molecule has 1 unspecified atom stereocenters. The molecule has 0 aromatic heterocycles. The number of hydrogen-bond acceptors (Lipinski definition) is 5. The molecule has 4 rings (SSSR count). The van der Waals surface area contributed by atoms with E-state index in [1.807, 2.05) is 18.2 Å². The molecule has 186 valence electrons. The van der Waals surface area contributed by atoms with E-state index in [1.165, 1.54) is 11.1 Å². The van der Waals surface area contributed by atoms with Gasteiger partial charge in [-0.15, -0.1) is 0 Å².